The predicted octanol–water partition coefficient (Wildman–Crippen LogP) is 1.70. The molecular formula is C12H15N3O4. The van der Waals surface area contributed by atoms with Crippen LogP contribution in [0.5, 0.6) is 0 Å². The van der Waals surface area contributed by atoms with Crippen LogP contribution in [-0.2, 0) is 4.79 Å². The van der Waals surface area contributed by atoms with E-state index in [1.165, 1.54) is 12.1 Å². The molecule has 0 spiro atoms. The number of rotatable bonds is 7. The van der Waals surface area contributed by atoms with Gasteiger partial charge >= 0.3 is 5.97 Å². The van der Waals surface area contributed by atoms with Gasteiger partial charge in [0.1, 0.15) is 12.0 Å². The molecule has 0 saturated carbocycles. The highest BCUT2D eigenvalue weighted by atomic mass is 16.6. The molecule has 0 aliphatic heterocycles. The molecule has 0 aliphatic rings. The number of nitro groups is 1. The van der Waals surface area contributed by atoms with Crippen LogP contribution < -0.4 is 4.90 Å². The van der Waals surface area contributed by atoms with Crippen LogP contribution in [0.4, 0.5) is 11.5 Å². The van der Waals surface area contributed by atoms with Crippen LogP contribution in [0.1, 0.15) is 6.92 Å². The molecule has 0 bridgehead atoms. The molecule has 19 heavy (non-hydrogen) atoms. The van der Waals surface area contributed by atoms with Crippen molar-refractivity contribution in [2.75, 3.05) is 18.0 Å². The number of aliphatic carboxylic acids is 1. The maximum atomic E-state index is 10.9. The van der Waals surface area contributed by atoms with Crippen molar-refractivity contribution >= 4 is 17.5 Å². The van der Waals surface area contributed by atoms with Crippen LogP contribution in [0.25, 0.3) is 0 Å². The van der Waals surface area contributed by atoms with Gasteiger partial charge in [-0.2, -0.15) is 0 Å². The Hall–Kier alpha value is -2.44. The van der Waals surface area contributed by atoms with Crippen molar-refractivity contribution in [3.8, 4) is 0 Å². The van der Waals surface area contributed by atoms with Crippen LogP contribution in [0.15, 0.2) is 31.0 Å². The van der Waals surface area contributed by atoms with Crippen LogP contribution in [0.3, 0.4) is 0 Å². The van der Waals surface area contributed by atoms with E-state index in [0.29, 0.717) is 12.4 Å². The van der Waals surface area contributed by atoms with Gasteiger partial charge in [0.2, 0.25) is 0 Å². The number of hydrogen-bond donors (Lipinski definition) is 1. The van der Waals surface area contributed by atoms with Crippen molar-refractivity contribution in [1.29, 1.82) is 0 Å². The van der Waals surface area contributed by atoms with Gasteiger partial charge in [-0.05, 0) is 6.07 Å². The van der Waals surface area contributed by atoms with Gasteiger partial charge in [0, 0.05) is 19.2 Å². The normalized spacial score (nSPS) is 11.6. The lowest BCUT2D eigenvalue weighted by Crippen LogP contribution is -2.32. The molecule has 0 aromatic carbocycles. The van der Waals surface area contributed by atoms with E-state index in [2.05, 4.69) is 11.6 Å². The number of carboxylic acid groups (broad SMARTS) is 1. The molecule has 0 aliphatic carbocycles. The fraction of sp³-hybridized carbons (Fsp3) is 0.333. The van der Waals surface area contributed by atoms with Gasteiger partial charge in [-0.3, -0.25) is 14.9 Å². The minimum Gasteiger partial charge on any atom is -0.481 e. The van der Waals surface area contributed by atoms with Crippen molar-refractivity contribution in [3.63, 3.8) is 0 Å². The van der Waals surface area contributed by atoms with E-state index < -0.39 is 16.8 Å². The Bertz CT molecular complexity index is 472. The standard InChI is InChI=1S/C12H15N3O4/c1-3-6-14(8-9(2)12(16)17)11-5-4-10(7-13-11)15(18)19/h3-5,7,9H,1,6,8H2,2H3,(H,16,17). The highest BCUT2D eigenvalue weighted by Crippen LogP contribution is 2.17. The summed E-state index contributed by atoms with van der Waals surface area (Å²) < 4.78 is 0. The molecule has 1 rings (SSSR count). The second-order valence-corrected chi connectivity index (χ2v) is 4.06. The first kappa shape index (κ1) is 14.6. The maximum Gasteiger partial charge on any atom is 0.308 e. The molecule has 1 aromatic rings. The second kappa shape index (κ2) is 6.48. The average molecular weight is 265 g/mol. The zero-order valence-electron chi connectivity index (χ0n) is 10.5. The van der Waals surface area contributed by atoms with Gasteiger partial charge in [0.05, 0.1) is 10.8 Å². The monoisotopic (exact) mass is 265 g/mol. The van der Waals surface area contributed by atoms with Crippen LogP contribution in [-0.4, -0.2) is 34.1 Å². The van der Waals surface area contributed by atoms with Crippen molar-refractivity contribution in [3.05, 3.63) is 41.1 Å². The third kappa shape index (κ3) is 4.06. The molecule has 1 N–H and O–H groups in total. The number of hydrogen-bond acceptors (Lipinski definition) is 5. The Balaban J connectivity index is 2.89. The fourth-order valence-electron chi connectivity index (χ4n) is 1.50. The van der Waals surface area contributed by atoms with Crippen molar-refractivity contribution < 1.29 is 14.8 Å². The summed E-state index contributed by atoms with van der Waals surface area (Å²) in [5, 5.41) is 19.4. The Morgan fingerprint density at radius 2 is 2.37 bits per heavy atom. The quantitative estimate of drug-likeness (QED) is 0.458. The number of carbonyl (C=O) groups is 1. The van der Waals surface area contributed by atoms with Crippen LogP contribution >= 0.6 is 0 Å². The minimum atomic E-state index is -0.907. The summed E-state index contributed by atoms with van der Waals surface area (Å²) in [7, 11) is 0. The molecule has 1 atom stereocenters. The third-order valence-electron chi connectivity index (χ3n) is 2.53. The smallest absolute Gasteiger partial charge is 0.308 e. The summed E-state index contributed by atoms with van der Waals surface area (Å²) in [5.74, 6) is -0.994. The molecule has 7 heteroatoms. The number of carboxylic acids is 1. The lowest BCUT2D eigenvalue weighted by Gasteiger charge is -2.23. The number of anilines is 1. The summed E-state index contributed by atoms with van der Waals surface area (Å²) in [6, 6.07) is 2.83. The summed E-state index contributed by atoms with van der Waals surface area (Å²) in [6.07, 6.45) is 2.77. The van der Waals surface area contributed by atoms with Gasteiger partial charge in [-0.1, -0.05) is 13.0 Å². The van der Waals surface area contributed by atoms with E-state index in [1.807, 2.05) is 0 Å². The lowest BCUT2D eigenvalue weighted by atomic mass is 10.1. The van der Waals surface area contributed by atoms with E-state index in [0.717, 1.165) is 6.20 Å². The Labute approximate surface area is 110 Å². The lowest BCUT2D eigenvalue weighted by molar-refractivity contribution is -0.385. The Kier molecular flexibility index (Phi) is 4.99. The minimum absolute atomic E-state index is 0.103. The second-order valence-electron chi connectivity index (χ2n) is 4.06. The first-order valence-corrected chi connectivity index (χ1v) is 5.64. The highest BCUT2D eigenvalue weighted by Gasteiger charge is 2.17. The first-order valence-electron chi connectivity index (χ1n) is 5.64. The van der Waals surface area contributed by atoms with Gasteiger partial charge in [0.25, 0.3) is 5.69 Å². The highest BCUT2D eigenvalue weighted by molar-refractivity contribution is 5.70. The van der Waals surface area contributed by atoms with Crippen LogP contribution in [0, 0.1) is 16.0 Å². The number of aromatic nitrogens is 1. The van der Waals surface area contributed by atoms with Gasteiger partial charge in [0.15, 0.2) is 0 Å². The molecule has 7 nitrogen and oxygen atoms in total. The molecule has 0 radical (unpaired) electrons. The fourth-order valence-corrected chi connectivity index (χ4v) is 1.50. The molecule has 1 unspecified atom stereocenters. The molecule has 102 valence electrons. The largest absolute Gasteiger partial charge is 0.481 e. The molecule has 0 fully saturated rings. The van der Waals surface area contributed by atoms with Gasteiger partial charge in [-0.15, -0.1) is 6.58 Å². The van der Waals surface area contributed by atoms with E-state index in [4.69, 9.17) is 5.11 Å². The molecule has 0 saturated heterocycles. The SMILES string of the molecule is C=CCN(CC(C)C(=O)O)c1ccc([N+](=O)[O-])cn1. The zero-order chi connectivity index (χ0) is 14.4. The van der Waals surface area contributed by atoms with Crippen molar-refractivity contribution in [2.24, 2.45) is 5.92 Å². The van der Waals surface area contributed by atoms with Gasteiger partial charge < -0.3 is 10.0 Å². The number of nitrogens with zero attached hydrogens (tertiary/aromatic N) is 3. The van der Waals surface area contributed by atoms with Gasteiger partial charge in [-0.25, -0.2) is 4.98 Å². The summed E-state index contributed by atoms with van der Waals surface area (Å²) >= 11 is 0. The molecule has 1 aromatic heterocycles. The Morgan fingerprint density at radius 3 is 2.79 bits per heavy atom. The Morgan fingerprint density at radius 1 is 1.68 bits per heavy atom. The first-order chi connectivity index (χ1) is 8.95. The van der Waals surface area contributed by atoms with Crippen molar-refractivity contribution in [1.82, 2.24) is 4.98 Å². The van der Waals surface area contributed by atoms with E-state index in [9.17, 15) is 14.9 Å². The summed E-state index contributed by atoms with van der Waals surface area (Å²) in [5.41, 5.74) is -0.103. The van der Waals surface area contributed by atoms with E-state index in [-0.39, 0.29) is 12.2 Å². The number of pyridine rings is 1. The zero-order valence-corrected chi connectivity index (χ0v) is 10.5. The average Bonchev–Trinajstić information content (AvgIpc) is 2.38. The molecular weight excluding hydrogens is 250 g/mol. The van der Waals surface area contributed by atoms with Crippen LogP contribution in [0.2, 0.25) is 0 Å². The third-order valence-corrected chi connectivity index (χ3v) is 2.53. The molecule has 0 amide bonds. The van der Waals surface area contributed by atoms with E-state index in [1.54, 1.807) is 17.9 Å². The van der Waals surface area contributed by atoms with E-state index >= 15 is 0 Å². The van der Waals surface area contributed by atoms with Crippen molar-refractivity contribution in [2.45, 2.75) is 6.92 Å². The summed E-state index contributed by atoms with van der Waals surface area (Å²) in [4.78, 5) is 26.5. The molecule has 1 heterocycles. The summed E-state index contributed by atoms with van der Waals surface area (Å²) in [6.45, 7) is 5.86. The topological polar surface area (TPSA) is 96.6 Å². The predicted molar refractivity (Wildman–Crippen MR) is 70.1 cm³/mol. The maximum absolute atomic E-state index is 10.9.